The predicted octanol–water partition coefficient (Wildman–Crippen LogP) is 3.82. The highest BCUT2D eigenvalue weighted by molar-refractivity contribution is 5.81. The van der Waals surface area contributed by atoms with Gasteiger partial charge in [-0.3, -0.25) is 4.79 Å². The van der Waals surface area contributed by atoms with Crippen molar-refractivity contribution in [3.8, 4) is 0 Å². The quantitative estimate of drug-likeness (QED) is 0.589. The van der Waals surface area contributed by atoms with E-state index in [9.17, 15) is 9.59 Å². The molecule has 26 heavy (non-hydrogen) atoms. The van der Waals surface area contributed by atoms with E-state index in [1.807, 2.05) is 60.6 Å². The highest BCUT2D eigenvalue weighted by atomic mass is 16.6. The summed E-state index contributed by atoms with van der Waals surface area (Å²) < 4.78 is 10.8. The number of anilines is 2. The van der Waals surface area contributed by atoms with Crippen LogP contribution in [0.1, 0.15) is 59.9 Å². The summed E-state index contributed by atoms with van der Waals surface area (Å²) in [6.45, 7) is 12.8. The molecule has 0 saturated carbocycles. The van der Waals surface area contributed by atoms with Gasteiger partial charge in [0.1, 0.15) is 17.2 Å². The van der Waals surface area contributed by atoms with Gasteiger partial charge in [0.05, 0.1) is 0 Å². The normalized spacial score (nSPS) is 13.0. The minimum absolute atomic E-state index is 0.113. The molecule has 6 heteroatoms. The van der Waals surface area contributed by atoms with Crippen LogP contribution in [0.5, 0.6) is 0 Å². The summed E-state index contributed by atoms with van der Waals surface area (Å²) in [5.74, 6) is -0.751. The Hall–Kier alpha value is -2.24. The lowest BCUT2D eigenvalue weighted by Gasteiger charge is -2.26. The number of benzene rings is 1. The highest BCUT2D eigenvalue weighted by Crippen LogP contribution is 2.21. The van der Waals surface area contributed by atoms with Crippen LogP contribution in [0.15, 0.2) is 18.2 Å². The third-order valence-corrected chi connectivity index (χ3v) is 3.33. The Morgan fingerprint density at radius 2 is 1.65 bits per heavy atom. The molecule has 0 aliphatic rings. The Labute approximate surface area is 156 Å². The molecular weight excluding hydrogens is 332 g/mol. The second kappa shape index (κ2) is 8.43. The van der Waals surface area contributed by atoms with Gasteiger partial charge in [0, 0.05) is 17.8 Å². The van der Waals surface area contributed by atoms with Crippen molar-refractivity contribution < 1.29 is 19.1 Å². The molecular formula is C20H32N2O4. The maximum atomic E-state index is 12.6. The number of nitrogen functional groups attached to an aromatic ring is 1. The maximum absolute atomic E-state index is 12.6. The van der Waals surface area contributed by atoms with E-state index in [1.165, 1.54) is 0 Å². The van der Waals surface area contributed by atoms with E-state index >= 15 is 0 Å². The van der Waals surface area contributed by atoms with Gasteiger partial charge in [0.25, 0.3) is 0 Å². The van der Waals surface area contributed by atoms with Crippen LogP contribution in [0.25, 0.3) is 0 Å². The fourth-order valence-corrected chi connectivity index (χ4v) is 2.31. The molecule has 1 aromatic rings. The molecule has 0 spiro atoms. The molecule has 0 radical (unpaired) electrons. The van der Waals surface area contributed by atoms with Gasteiger partial charge in [-0.15, -0.1) is 0 Å². The number of carbonyl (C=O) groups excluding carboxylic acids is 2. The van der Waals surface area contributed by atoms with E-state index in [4.69, 9.17) is 15.2 Å². The molecule has 0 aliphatic heterocycles. The molecule has 0 aromatic heterocycles. The van der Waals surface area contributed by atoms with Crippen molar-refractivity contribution >= 4 is 23.3 Å². The third-order valence-electron chi connectivity index (χ3n) is 3.33. The highest BCUT2D eigenvalue weighted by Gasteiger charge is 2.27. The average Bonchev–Trinajstić information content (AvgIpc) is 2.41. The fraction of sp³-hybridized carbons (Fsp3) is 0.600. The van der Waals surface area contributed by atoms with Crippen LogP contribution in [0, 0.1) is 6.92 Å². The zero-order chi connectivity index (χ0) is 20.1. The molecule has 146 valence electrons. The Balaban J connectivity index is 2.88. The van der Waals surface area contributed by atoms with Crippen LogP contribution >= 0.6 is 0 Å². The Kier molecular flexibility index (Phi) is 7.07. The van der Waals surface area contributed by atoms with Gasteiger partial charge in [-0.2, -0.15) is 0 Å². The second-order valence-electron chi connectivity index (χ2n) is 8.43. The van der Waals surface area contributed by atoms with E-state index in [-0.39, 0.29) is 18.8 Å². The SMILES string of the molecule is Cc1cc(N)ccc1NC(CCC(=O)OC(C)(C)C)C(=O)OC(C)(C)C. The molecule has 1 unspecified atom stereocenters. The predicted molar refractivity (Wildman–Crippen MR) is 104 cm³/mol. The van der Waals surface area contributed by atoms with Crippen LogP contribution in [-0.4, -0.2) is 29.2 Å². The van der Waals surface area contributed by atoms with Crippen LogP contribution < -0.4 is 11.1 Å². The van der Waals surface area contributed by atoms with Gasteiger partial charge in [-0.25, -0.2) is 4.79 Å². The van der Waals surface area contributed by atoms with Crippen molar-refractivity contribution in [2.75, 3.05) is 11.1 Å². The van der Waals surface area contributed by atoms with Gasteiger partial charge in [0.2, 0.25) is 0 Å². The molecule has 1 atom stereocenters. The van der Waals surface area contributed by atoms with E-state index < -0.39 is 23.2 Å². The number of nitrogens with one attached hydrogen (secondary N) is 1. The third kappa shape index (κ3) is 8.23. The van der Waals surface area contributed by atoms with Gasteiger partial charge in [-0.05, 0) is 78.6 Å². The first kappa shape index (κ1) is 21.8. The largest absolute Gasteiger partial charge is 0.460 e. The van der Waals surface area contributed by atoms with Crippen molar-refractivity contribution in [3.05, 3.63) is 23.8 Å². The number of aryl methyl sites for hydroxylation is 1. The Morgan fingerprint density at radius 3 is 2.15 bits per heavy atom. The van der Waals surface area contributed by atoms with Gasteiger partial charge in [-0.1, -0.05) is 0 Å². The van der Waals surface area contributed by atoms with Crippen LogP contribution in [0.4, 0.5) is 11.4 Å². The minimum Gasteiger partial charge on any atom is -0.460 e. The average molecular weight is 364 g/mol. The molecule has 1 aromatic carbocycles. The number of carbonyl (C=O) groups is 2. The van der Waals surface area contributed by atoms with E-state index in [0.717, 1.165) is 11.3 Å². The summed E-state index contributed by atoms with van der Waals surface area (Å²) in [5, 5.41) is 3.18. The standard InChI is InChI=1S/C20H32N2O4/c1-13-12-14(21)8-9-15(13)22-16(18(24)26-20(5,6)7)10-11-17(23)25-19(2,3)4/h8-9,12,16,22H,10-11,21H2,1-7H3. The first-order valence-electron chi connectivity index (χ1n) is 8.84. The molecule has 1 rings (SSSR count). The fourth-order valence-electron chi connectivity index (χ4n) is 2.31. The Bertz CT molecular complexity index is 642. The monoisotopic (exact) mass is 364 g/mol. The number of ether oxygens (including phenoxy) is 2. The minimum atomic E-state index is -0.663. The lowest BCUT2D eigenvalue weighted by molar-refractivity contribution is -0.157. The first-order valence-corrected chi connectivity index (χ1v) is 8.84. The van der Waals surface area contributed by atoms with Crippen LogP contribution in [0.3, 0.4) is 0 Å². The molecule has 6 nitrogen and oxygen atoms in total. The summed E-state index contributed by atoms with van der Waals surface area (Å²) in [5.41, 5.74) is 6.95. The zero-order valence-corrected chi connectivity index (χ0v) is 16.9. The summed E-state index contributed by atoms with van der Waals surface area (Å²) in [4.78, 5) is 24.6. The number of hydrogen-bond donors (Lipinski definition) is 2. The molecule has 0 bridgehead atoms. The first-order chi connectivity index (χ1) is 11.8. The van der Waals surface area contributed by atoms with Crippen LogP contribution in [0.2, 0.25) is 0 Å². The summed E-state index contributed by atoms with van der Waals surface area (Å²) in [6.07, 6.45) is 0.385. The Morgan fingerprint density at radius 1 is 1.08 bits per heavy atom. The lowest BCUT2D eigenvalue weighted by atomic mass is 10.1. The molecule has 3 N–H and O–H groups in total. The topological polar surface area (TPSA) is 90.6 Å². The number of rotatable bonds is 6. The van der Waals surface area contributed by atoms with E-state index in [1.54, 1.807) is 6.07 Å². The smallest absolute Gasteiger partial charge is 0.329 e. The molecule has 0 fully saturated rings. The zero-order valence-electron chi connectivity index (χ0n) is 16.9. The summed E-state index contributed by atoms with van der Waals surface area (Å²) in [7, 11) is 0. The molecule has 0 saturated heterocycles. The number of nitrogens with two attached hydrogens (primary N) is 1. The van der Waals surface area contributed by atoms with Crippen molar-refractivity contribution in [1.82, 2.24) is 0 Å². The molecule has 0 heterocycles. The van der Waals surface area contributed by atoms with Crippen molar-refractivity contribution in [1.29, 1.82) is 0 Å². The van der Waals surface area contributed by atoms with Gasteiger partial charge < -0.3 is 20.5 Å². The van der Waals surface area contributed by atoms with E-state index in [0.29, 0.717) is 5.69 Å². The number of hydrogen-bond acceptors (Lipinski definition) is 6. The number of esters is 2. The van der Waals surface area contributed by atoms with Crippen LogP contribution in [-0.2, 0) is 19.1 Å². The summed E-state index contributed by atoms with van der Waals surface area (Å²) in [6, 6.07) is 4.73. The summed E-state index contributed by atoms with van der Waals surface area (Å²) >= 11 is 0. The maximum Gasteiger partial charge on any atom is 0.329 e. The van der Waals surface area contributed by atoms with E-state index in [2.05, 4.69) is 5.32 Å². The van der Waals surface area contributed by atoms with Crippen molar-refractivity contribution in [2.24, 2.45) is 0 Å². The van der Waals surface area contributed by atoms with Gasteiger partial charge in [0.15, 0.2) is 0 Å². The second-order valence-corrected chi connectivity index (χ2v) is 8.43. The van der Waals surface area contributed by atoms with Gasteiger partial charge >= 0.3 is 11.9 Å². The molecule has 0 aliphatic carbocycles. The van der Waals surface area contributed by atoms with Crippen molar-refractivity contribution in [2.45, 2.75) is 78.6 Å². The van der Waals surface area contributed by atoms with Crippen molar-refractivity contribution in [3.63, 3.8) is 0 Å². The lowest BCUT2D eigenvalue weighted by Crippen LogP contribution is -2.37. The molecule has 0 amide bonds.